The van der Waals surface area contributed by atoms with E-state index in [0.717, 1.165) is 0 Å². The molecule has 0 aliphatic heterocycles. The molecule has 1 rings (SSSR count). The summed E-state index contributed by atoms with van der Waals surface area (Å²) >= 11 is 6.07. The summed E-state index contributed by atoms with van der Waals surface area (Å²) in [4.78, 5) is 23.5. The smallest absolute Gasteiger partial charge is 0.252 e. The maximum Gasteiger partial charge on any atom is 0.252 e. The van der Waals surface area contributed by atoms with E-state index in [0.29, 0.717) is 37.4 Å². The fourth-order valence-corrected chi connectivity index (χ4v) is 1.87. The number of carbonyl (C=O) groups is 2. The highest BCUT2D eigenvalue weighted by atomic mass is 35.5. The molecule has 0 fully saturated rings. The van der Waals surface area contributed by atoms with Gasteiger partial charge in [-0.1, -0.05) is 11.6 Å². The molecule has 0 aliphatic carbocycles. The zero-order chi connectivity index (χ0) is 15.7. The molecule has 3 N–H and O–H groups in total. The zero-order valence-electron chi connectivity index (χ0n) is 12.2. The first-order valence-electron chi connectivity index (χ1n) is 6.59. The molecule has 0 saturated heterocycles. The predicted molar refractivity (Wildman–Crippen MR) is 82.8 cm³/mol. The molecule has 0 bridgehead atoms. The number of hydrogen-bond donors (Lipinski definition) is 3. The molecule has 116 valence electrons. The van der Waals surface area contributed by atoms with Gasteiger partial charge in [-0.05, 0) is 25.2 Å². The predicted octanol–water partition coefficient (Wildman–Crippen LogP) is 1.26. The van der Waals surface area contributed by atoms with Crippen molar-refractivity contribution in [3.05, 3.63) is 28.8 Å². The van der Waals surface area contributed by atoms with E-state index in [1.807, 2.05) is 0 Å². The quantitative estimate of drug-likeness (QED) is 0.631. The van der Waals surface area contributed by atoms with Crippen molar-refractivity contribution in [2.45, 2.75) is 6.42 Å². The Labute approximate surface area is 129 Å². The van der Waals surface area contributed by atoms with Crippen LogP contribution in [0.1, 0.15) is 16.8 Å². The average molecular weight is 314 g/mol. The first kappa shape index (κ1) is 17.4. The molecule has 0 spiro atoms. The Balaban J connectivity index is 2.63. The van der Waals surface area contributed by atoms with E-state index in [4.69, 9.17) is 16.3 Å². The van der Waals surface area contributed by atoms with Crippen LogP contribution < -0.4 is 16.0 Å². The number of halogens is 1. The summed E-state index contributed by atoms with van der Waals surface area (Å²) in [6, 6.07) is 4.79. The number of amides is 2. The van der Waals surface area contributed by atoms with Gasteiger partial charge in [0.2, 0.25) is 5.91 Å². The molecule has 0 aliphatic rings. The summed E-state index contributed by atoms with van der Waals surface area (Å²) in [6.45, 7) is 1.44. The fraction of sp³-hybridized carbons (Fsp3) is 0.429. The van der Waals surface area contributed by atoms with Gasteiger partial charge in [-0.25, -0.2) is 0 Å². The number of ether oxygens (including phenoxy) is 1. The van der Waals surface area contributed by atoms with Crippen molar-refractivity contribution in [3.8, 4) is 0 Å². The molecule has 0 atom stereocenters. The molecule has 1 aromatic rings. The van der Waals surface area contributed by atoms with E-state index in [1.165, 1.54) is 0 Å². The minimum absolute atomic E-state index is 0.113. The minimum Gasteiger partial charge on any atom is -0.383 e. The van der Waals surface area contributed by atoms with Crippen LogP contribution in [0.5, 0.6) is 0 Å². The van der Waals surface area contributed by atoms with Crippen LogP contribution in [-0.4, -0.2) is 45.7 Å². The van der Waals surface area contributed by atoms with Crippen molar-refractivity contribution < 1.29 is 14.3 Å². The summed E-state index contributed by atoms with van der Waals surface area (Å²) in [6.07, 6.45) is 0.368. The first-order valence-corrected chi connectivity index (χ1v) is 6.97. The molecule has 0 heterocycles. The van der Waals surface area contributed by atoms with E-state index in [-0.39, 0.29) is 16.8 Å². The van der Waals surface area contributed by atoms with Gasteiger partial charge >= 0.3 is 0 Å². The number of methoxy groups -OCH3 is 1. The second kappa shape index (κ2) is 9.33. The van der Waals surface area contributed by atoms with E-state index < -0.39 is 0 Å². The molecule has 21 heavy (non-hydrogen) atoms. The molecule has 0 radical (unpaired) electrons. The van der Waals surface area contributed by atoms with Crippen LogP contribution >= 0.6 is 11.6 Å². The highest BCUT2D eigenvalue weighted by molar-refractivity contribution is 6.34. The van der Waals surface area contributed by atoms with Crippen molar-refractivity contribution in [1.82, 2.24) is 10.6 Å². The largest absolute Gasteiger partial charge is 0.383 e. The molecule has 0 saturated carbocycles. The maximum absolute atomic E-state index is 11.9. The third-order valence-electron chi connectivity index (χ3n) is 2.69. The fourth-order valence-electron chi connectivity index (χ4n) is 1.60. The van der Waals surface area contributed by atoms with E-state index in [1.54, 1.807) is 32.4 Å². The van der Waals surface area contributed by atoms with Crippen molar-refractivity contribution in [1.29, 1.82) is 0 Å². The van der Waals surface area contributed by atoms with Crippen LogP contribution in [0.3, 0.4) is 0 Å². The lowest BCUT2D eigenvalue weighted by Gasteiger charge is -2.09. The number of benzene rings is 1. The minimum atomic E-state index is -0.273. The topological polar surface area (TPSA) is 79.5 Å². The molecule has 7 heteroatoms. The van der Waals surface area contributed by atoms with Crippen molar-refractivity contribution >= 4 is 29.1 Å². The second-order valence-electron chi connectivity index (χ2n) is 4.35. The van der Waals surface area contributed by atoms with Gasteiger partial charge < -0.3 is 20.7 Å². The molecular formula is C14H20ClN3O3. The number of anilines is 1. The molecule has 0 aromatic heterocycles. The van der Waals surface area contributed by atoms with Crippen molar-refractivity contribution in [2.75, 3.05) is 39.2 Å². The average Bonchev–Trinajstić information content (AvgIpc) is 2.45. The maximum atomic E-state index is 11.9. The zero-order valence-corrected chi connectivity index (χ0v) is 12.9. The van der Waals surface area contributed by atoms with Gasteiger partial charge in [-0.3, -0.25) is 9.59 Å². The summed E-state index contributed by atoms with van der Waals surface area (Å²) < 4.78 is 4.85. The SMILES string of the molecule is CNCCC(=O)Nc1ccc(C(=O)NCCOC)c(Cl)c1. The molecular weight excluding hydrogens is 294 g/mol. The Morgan fingerprint density at radius 2 is 2.05 bits per heavy atom. The highest BCUT2D eigenvalue weighted by Crippen LogP contribution is 2.21. The molecule has 2 amide bonds. The normalized spacial score (nSPS) is 10.2. The highest BCUT2D eigenvalue weighted by Gasteiger charge is 2.11. The number of hydrogen-bond acceptors (Lipinski definition) is 4. The Hall–Kier alpha value is -1.63. The summed E-state index contributed by atoms with van der Waals surface area (Å²) in [5.41, 5.74) is 0.926. The lowest BCUT2D eigenvalue weighted by atomic mass is 10.2. The molecule has 0 unspecified atom stereocenters. The Morgan fingerprint density at radius 1 is 1.29 bits per heavy atom. The van der Waals surface area contributed by atoms with Crippen LogP contribution in [0.4, 0.5) is 5.69 Å². The van der Waals surface area contributed by atoms with E-state index >= 15 is 0 Å². The number of nitrogens with one attached hydrogen (secondary N) is 3. The lowest BCUT2D eigenvalue weighted by Crippen LogP contribution is -2.27. The monoisotopic (exact) mass is 313 g/mol. The molecule has 6 nitrogen and oxygen atoms in total. The van der Waals surface area contributed by atoms with Gasteiger partial charge in [0.05, 0.1) is 17.2 Å². The van der Waals surface area contributed by atoms with Crippen LogP contribution in [0.25, 0.3) is 0 Å². The van der Waals surface area contributed by atoms with E-state index in [2.05, 4.69) is 16.0 Å². The standard InChI is InChI=1S/C14H20ClN3O3/c1-16-6-5-13(19)18-10-3-4-11(12(15)9-10)14(20)17-7-8-21-2/h3-4,9,16H,5-8H2,1-2H3,(H,17,20)(H,18,19). The third-order valence-corrected chi connectivity index (χ3v) is 3.00. The van der Waals surface area contributed by atoms with E-state index in [9.17, 15) is 9.59 Å². The van der Waals surface area contributed by atoms with Gasteiger partial charge in [0.1, 0.15) is 0 Å². The summed E-state index contributed by atoms with van der Waals surface area (Å²) in [5.74, 6) is -0.386. The van der Waals surface area contributed by atoms with Gasteiger partial charge in [-0.2, -0.15) is 0 Å². The van der Waals surface area contributed by atoms with Crippen molar-refractivity contribution in [3.63, 3.8) is 0 Å². The summed E-state index contributed by atoms with van der Waals surface area (Å²) in [7, 11) is 3.34. The summed E-state index contributed by atoms with van der Waals surface area (Å²) in [5, 5.41) is 8.59. The Kier molecular flexibility index (Phi) is 7.74. The Bertz CT molecular complexity index is 494. The first-order chi connectivity index (χ1) is 10.1. The second-order valence-corrected chi connectivity index (χ2v) is 4.75. The van der Waals surface area contributed by atoms with Gasteiger partial charge in [-0.15, -0.1) is 0 Å². The van der Waals surface area contributed by atoms with Gasteiger partial charge in [0, 0.05) is 32.3 Å². The third kappa shape index (κ3) is 6.12. The van der Waals surface area contributed by atoms with Crippen LogP contribution in [0.15, 0.2) is 18.2 Å². The number of carbonyl (C=O) groups excluding carboxylic acids is 2. The van der Waals surface area contributed by atoms with Crippen LogP contribution in [-0.2, 0) is 9.53 Å². The van der Waals surface area contributed by atoms with Gasteiger partial charge in [0.25, 0.3) is 5.91 Å². The van der Waals surface area contributed by atoms with Crippen LogP contribution in [0.2, 0.25) is 5.02 Å². The number of rotatable bonds is 8. The van der Waals surface area contributed by atoms with Crippen molar-refractivity contribution in [2.24, 2.45) is 0 Å². The Morgan fingerprint density at radius 3 is 2.67 bits per heavy atom. The lowest BCUT2D eigenvalue weighted by molar-refractivity contribution is -0.116. The van der Waals surface area contributed by atoms with Crippen LogP contribution in [0, 0.1) is 0 Å². The van der Waals surface area contributed by atoms with Gasteiger partial charge in [0.15, 0.2) is 0 Å². The molecule has 1 aromatic carbocycles.